The first kappa shape index (κ1) is 10.8. The van der Waals surface area contributed by atoms with E-state index in [1.807, 2.05) is 0 Å². The fourth-order valence-corrected chi connectivity index (χ4v) is 1.50. The SMILES string of the molecule is N/C(CSc1ccc(F)cc1F)=N\O. The number of hydrogen-bond donors (Lipinski definition) is 2. The number of rotatable bonds is 3. The number of hydrogen-bond acceptors (Lipinski definition) is 3. The van der Waals surface area contributed by atoms with Crippen molar-refractivity contribution in [3.05, 3.63) is 29.8 Å². The molecule has 0 atom stereocenters. The molecular weight excluding hydrogens is 210 g/mol. The molecule has 0 aliphatic rings. The number of thioether (sulfide) groups is 1. The summed E-state index contributed by atoms with van der Waals surface area (Å²) in [5.41, 5.74) is 5.18. The van der Waals surface area contributed by atoms with Crippen LogP contribution in [0.1, 0.15) is 0 Å². The summed E-state index contributed by atoms with van der Waals surface area (Å²) in [6.45, 7) is 0. The second-order valence-electron chi connectivity index (χ2n) is 2.45. The van der Waals surface area contributed by atoms with Crippen LogP contribution >= 0.6 is 11.8 Å². The molecule has 1 aromatic carbocycles. The highest BCUT2D eigenvalue weighted by atomic mass is 32.2. The highest BCUT2D eigenvalue weighted by Gasteiger charge is 2.05. The highest BCUT2D eigenvalue weighted by molar-refractivity contribution is 8.00. The summed E-state index contributed by atoms with van der Waals surface area (Å²) in [4.78, 5) is 0.262. The van der Waals surface area contributed by atoms with Crippen LogP contribution in [-0.2, 0) is 0 Å². The Bertz CT molecular complexity index is 357. The van der Waals surface area contributed by atoms with E-state index in [1.165, 1.54) is 6.07 Å². The van der Waals surface area contributed by atoms with E-state index in [-0.39, 0.29) is 16.5 Å². The average molecular weight is 218 g/mol. The maximum atomic E-state index is 13.0. The lowest BCUT2D eigenvalue weighted by atomic mass is 10.3. The number of amidine groups is 1. The largest absolute Gasteiger partial charge is 0.409 e. The molecule has 0 unspecified atom stereocenters. The molecule has 0 radical (unpaired) electrons. The molecule has 0 aliphatic carbocycles. The van der Waals surface area contributed by atoms with E-state index >= 15 is 0 Å². The standard InChI is InChI=1S/C8H8F2N2OS/c9-5-1-2-7(6(10)3-5)14-4-8(11)12-13/h1-3,13H,4H2,(H2,11,12). The van der Waals surface area contributed by atoms with E-state index in [2.05, 4.69) is 5.16 Å². The van der Waals surface area contributed by atoms with Gasteiger partial charge in [-0.1, -0.05) is 5.16 Å². The predicted molar refractivity (Wildman–Crippen MR) is 50.5 cm³/mol. The second-order valence-corrected chi connectivity index (χ2v) is 3.47. The van der Waals surface area contributed by atoms with Gasteiger partial charge in [-0.15, -0.1) is 11.8 Å². The number of halogens is 2. The van der Waals surface area contributed by atoms with Gasteiger partial charge in [-0.25, -0.2) is 8.78 Å². The average Bonchev–Trinajstić information content (AvgIpc) is 2.16. The van der Waals surface area contributed by atoms with E-state index in [4.69, 9.17) is 10.9 Å². The zero-order valence-corrected chi connectivity index (χ0v) is 7.89. The maximum absolute atomic E-state index is 13.0. The summed E-state index contributed by atoms with van der Waals surface area (Å²) in [5, 5.41) is 10.9. The van der Waals surface area contributed by atoms with Crippen molar-refractivity contribution in [3.63, 3.8) is 0 Å². The Balaban J connectivity index is 2.68. The first-order valence-electron chi connectivity index (χ1n) is 3.67. The van der Waals surface area contributed by atoms with Gasteiger partial charge in [-0.3, -0.25) is 0 Å². The second kappa shape index (κ2) is 4.80. The van der Waals surface area contributed by atoms with E-state index in [0.717, 1.165) is 23.9 Å². The van der Waals surface area contributed by atoms with E-state index < -0.39 is 11.6 Å². The molecule has 0 spiro atoms. The van der Waals surface area contributed by atoms with Crippen molar-refractivity contribution >= 4 is 17.6 Å². The monoisotopic (exact) mass is 218 g/mol. The number of benzene rings is 1. The molecule has 0 heterocycles. The van der Waals surface area contributed by atoms with Crippen LogP contribution < -0.4 is 5.73 Å². The third kappa shape index (κ3) is 2.88. The molecular formula is C8H8F2N2OS. The summed E-state index contributed by atoms with van der Waals surface area (Å²) >= 11 is 1.03. The number of nitrogens with zero attached hydrogens (tertiary/aromatic N) is 1. The molecule has 0 saturated carbocycles. The van der Waals surface area contributed by atoms with Crippen LogP contribution in [0, 0.1) is 11.6 Å². The molecule has 14 heavy (non-hydrogen) atoms. The summed E-state index contributed by atoms with van der Waals surface area (Å²) in [6.07, 6.45) is 0. The molecule has 0 aromatic heterocycles. The fourth-order valence-electron chi connectivity index (χ4n) is 0.773. The number of oxime groups is 1. The molecule has 76 valence electrons. The van der Waals surface area contributed by atoms with Gasteiger partial charge in [-0.05, 0) is 12.1 Å². The molecule has 0 fully saturated rings. The van der Waals surface area contributed by atoms with Gasteiger partial charge < -0.3 is 10.9 Å². The molecule has 1 rings (SSSR count). The third-order valence-electron chi connectivity index (χ3n) is 1.40. The Hall–Kier alpha value is -1.30. The lowest BCUT2D eigenvalue weighted by Gasteiger charge is -2.01. The third-order valence-corrected chi connectivity index (χ3v) is 2.48. The van der Waals surface area contributed by atoms with Crippen molar-refractivity contribution < 1.29 is 14.0 Å². The van der Waals surface area contributed by atoms with Gasteiger partial charge in [0.05, 0.1) is 5.75 Å². The van der Waals surface area contributed by atoms with Gasteiger partial charge in [0.2, 0.25) is 0 Å². The van der Waals surface area contributed by atoms with Crippen LogP contribution in [-0.4, -0.2) is 16.8 Å². The summed E-state index contributed by atoms with van der Waals surface area (Å²) in [5.74, 6) is -1.14. The highest BCUT2D eigenvalue weighted by Crippen LogP contribution is 2.21. The molecule has 3 N–H and O–H groups in total. The van der Waals surface area contributed by atoms with Gasteiger partial charge in [0.1, 0.15) is 17.5 Å². The van der Waals surface area contributed by atoms with E-state index in [1.54, 1.807) is 0 Å². The molecule has 0 saturated heterocycles. The minimum absolute atomic E-state index is 0.0151. The van der Waals surface area contributed by atoms with Crippen LogP contribution in [0.4, 0.5) is 8.78 Å². The number of nitrogens with two attached hydrogens (primary N) is 1. The normalized spacial score (nSPS) is 11.7. The molecule has 0 amide bonds. The maximum Gasteiger partial charge on any atom is 0.149 e. The molecule has 1 aromatic rings. The molecule has 0 aliphatic heterocycles. The lowest BCUT2D eigenvalue weighted by molar-refractivity contribution is 0.318. The van der Waals surface area contributed by atoms with Crippen molar-refractivity contribution in [3.8, 4) is 0 Å². The first-order valence-corrected chi connectivity index (χ1v) is 4.66. The Labute approximate surface area is 83.6 Å². The van der Waals surface area contributed by atoms with Gasteiger partial charge in [0.25, 0.3) is 0 Å². The Morgan fingerprint density at radius 1 is 1.50 bits per heavy atom. The van der Waals surface area contributed by atoms with Crippen molar-refractivity contribution in [1.82, 2.24) is 0 Å². The molecule has 3 nitrogen and oxygen atoms in total. The summed E-state index contributed by atoms with van der Waals surface area (Å²) in [6, 6.07) is 3.24. The van der Waals surface area contributed by atoms with Crippen molar-refractivity contribution in [2.75, 3.05) is 5.75 Å². The van der Waals surface area contributed by atoms with Gasteiger partial charge in [0.15, 0.2) is 0 Å². The van der Waals surface area contributed by atoms with Gasteiger partial charge >= 0.3 is 0 Å². The van der Waals surface area contributed by atoms with Crippen LogP contribution in [0.15, 0.2) is 28.3 Å². The van der Waals surface area contributed by atoms with Crippen molar-refractivity contribution in [1.29, 1.82) is 0 Å². The molecule has 0 bridgehead atoms. The smallest absolute Gasteiger partial charge is 0.149 e. The summed E-state index contributed by atoms with van der Waals surface area (Å²) < 4.78 is 25.5. The Morgan fingerprint density at radius 2 is 2.21 bits per heavy atom. The lowest BCUT2D eigenvalue weighted by Crippen LogP contribution is -2.14. The van der Waals surface area contributed by atoms with Crippen molar-refractivity contribution in [2.24, 2.45) is 10.9 Å². The zero-order chi connectivity index (χ0) is 10.6. The van der Waals surface area contributed by atoms with Crippen LogP contribution in [0.3, 0.4) is 0 Å². The Morgan fingerprint density at radius 3 is 2.79 bits per heavy atom. The first-order chi connectivity index (χ1) is 6.63. The predicted octanol–water partition coefficient (Wildman–Crippen LogP) is 1.80. The molecule has 6 heteroatoms. The van der Waals surface area contributed by atoms with Crippen LogP contribution in [0.2, 0.25) is 0 Å². The van der Waals surface area contributed by atoms with Gasteiger partial charge in [0, 0.05) is 11.0 Å². The Kier molecular flexibility index (Phi) is 3.70. The van der Waals surface area contributed by atoms with E-state index in [0.29, 0.717) is 0 Å². The van der Waals surface area contributed by atoms with Crippen LogP contribution in [0.5, 0.6) is 0 Å². The minimum Gasteiger partial charge on any atom is -0.409 e. The topological polar surface area (TPSA) is 58.6 Å². The zero-order valence-electron chi connectivity index (χ0n) is 7.08. The van der Waals surface area contributed by atoms with Crippen molar-refractivity contribution in [2.45, 2.75) is 4.90 Å². The van der Waals surface area contributed by atoms with Gasteiger partial charge in [-0.2, -0.15) is 0 Å². The van der Waals surface area contributed by atoms with E-state index in [9.17, 15) is 8.78 Å². The van der Waals surface area contributed by atoms with Crippen LogP contribution in [0.25, 0.3) is 0 Å². The fraction of sp³-hybridized carbons (Fsp3) is 0.125. The quantitative estimate of drug-likeness (QED) is 0.267. The minimum atomic E-state index is -0.652. The summed E-state index contributed by atoms with van der Waals surface area (Å²) in [7, 11) is 0.